The summed E-state index contributed by atoms with van der Waals surface area (Å²) in [6.07, 6.45) is 1.54. The van der Waals surface area contributed by atoms with Gasteiger partial charge in [-0.05, 0) is 48.7 Å². The van der Waals surface area contributed by atoms with Crippen molar-refractivity contribution in [2.24, 2.45) is 0 Å². The van der Waals surface area contributed by atoms with E-state index in [0.29, 0.717) is 30.3 Å². The van der Waals surface area contributed by atoms with Crippen molar-refractivity contribution in [1.82, 2.24) is 5.32 Å². The molecule has 0 aliphatic carbocycles. The maximum absolute atomic E-state index is 13.3. The van der Waals surface area contributed by atoms with Gasteiger partial charge in [0.25, 0.3) is 5.91 Å². The van der Waals surface area contributed by atoms with Crippen LogP contribution in [0.4, 0.5) is 4.39 Å². The lowest BCUT2D eigenvalue weighted by molar-refractivity contribution is 0.0487. The standard InChI is InChI=1S/C19H18BrClFNO2/c20-14-3-6-17(21)16(11-14)18(24)23-12-19(7-9-25-10-8-19)13-1-4-15(22)5-2-13/h1-6,11H,7-10,12H2,(H,23,24). The Hall–Kier alpha value is -1.43. The van der Waals surface area contributed by atoms with Gasteiger partial charge in [0.1, 0.15) is 5.82 Å². The van der Waals surface area contributed by atoms with Crippen molar-refractivity contribution in [2.75, 3.05) is 19.8 Å². The number of amides is 1. The minimum Gasteiger partial charge on any atom is -0.381 e. The Morgan fingerprint density at radius 3 is 2.56 bits per heavy atom. The van der Waals surface area contributed by atoms with Gasteiger partial charge in [0.15, 0.2) is 0 Å². The highest BCUT2D eigenvalue weighted by molar-refractivity contribution is 9.10. The Kier molecular flexibility index (Phi) is 5.77. The Balaban J connectivity index is 1.80. The third-order valence-corrected chi connectivity index (χ3v) is 5.49. The summed E-state index contributed by atoms with van der Waals surface area (Å²) in [7, 11) is 0. The number of ether oxygens (including phenoxy) is 1. The summed E-state index contributed by atoms with van der Waals surface area (Å²) in [6.45, 7) is 1.68. The highest BCUT2D eigenvalue weighted by Crippen LogP contribution is 2.34. The van der Waals surface area contributed by atoms with Crippen molar-refractivity contribution in [3.63, 3.8) is 0 Å². The molecule has 3 rings (SSSR count). The molecule has 25 heavy (non-hydrogen) atoms. The highest BCUT2D eigenvalue weighted by atomic mass is 79.9. The second kappa shape index (κ2) is 7.85. The van der Waals surface area contributed by atoms with E-state index >= 15 is 0 Å². The minimum atomic E-state index is -0.268. The second-order valence-electron chi connectivity index (χ2n) is 6.21. The molecule has 1 N–H and O–H groups in total. The normalized spacial score (nSPS) is 16.4. The molecule has 1 aliphatic heterocycles. The molecule has 132 valence electrons. The molecule has 0 atom stereocenters. The number of rotatable bonds is 4. The fraction of sp³-hybridized carbons (Fsp3) is 0.316. The van der Waals surface area contributed by atoms with Crippen LogP contribution in [0.15, 0.2) is 46.9 Å². The van der Waals surface area contributed by atoms with Crippen LogP contribution in [-0.2, 0) is 10.2 Å². The number of carbonyl (C=O) groups excluding carboxylic acids is 1. The van der Waals surface area contributed by atoms with Gasteiger partial charge in [-0.3, -0.25) is 4.79 Å². The van der Waals surface area contributed by atoms with E-state index in [-0.39, 0.29) is 17.1 Å². The first-order valence-electron chi connectivity index (χ1n) is 8.07. The Morgan fingerprint density at radius 1 is 1.20 bits per heavy atom. The largest absolute Gasteiger partial charge is 0.381 e. The Labute approximate surface area is 159 Å². The van der Waals surface area contributed by atoms with Crippen LogP contribution in [0.5, 0.6) is 0 Å². The predicted octanol–water partition coefficient (Wildman–Crippen LogP) is 4.72. The van der Waals surface area contributed by atoms with Crippen molar-refractivity contribution in [3.05, 3.63) is 68.9 Å². The molecule has 1 aliphatic rings. The van der Waals surface area contributed by atoms with Gasteiger partial charge in [0, 0.05) is 29.6 Å². The van der Waals surface area contributed by atoms with E-state index < -0.39 is 0 Å². The molecule has 0 aromatic heterocycles. The molecule has 0 spiro atoms. The van der Waals surface area contributed by atoms with Crippen LogP contribution in [0.3, 0.4) is 0 Å². The number of benzene rings is 2. The zero-order valence-electron chi connectivity index (χ0n) is 13.5. The molecule has 1 amide bonds. The van der Waals surface area contributed by atoms with Crippen molar-refractivity contribution < 1.29 is 13.9 Å². The number of halogens is 3. The highest BCUT2D eigenvalue weighted by Gasteiger charge is 2.35. The molecule has 2 aromatic rings. The molecule has 6 heteroatoms. The molecular formula is C19H18BrClFNO2. The fourth-order valence-electron chi connectivity index (χ4n) is 3.15. The van der Waals surface area contributed by atoms with Gasteiger partial charge >= 0.3 is 0 Å². The third kappa shape index (κ3) is 4.22. The van der Waals surface area contributed by atoms with Crippen LogP contribution < -0.4 is 5.32 Å². The molecule has 1 heterocycles. The van der Waals surface area contributed by atoms with Crippen LogP contribution in [0.1, 0.15) is 28.8 Å². The number of hydrogen-bond acceptors (Lipinski definition) is 2. The molecule has 1 fully saturated rings. The monoisotopic (exact) mass is 425 g/mol. The molecule has 0 saturated carbocycles. The average Bonchev–Trinajstić information content (AvgIpc) is 2.63. The van der Waals surface area contributed by atoms with Crippen LogP contribution in [0.2, 0.25) is 5.02 Å². The summed E-state index contributed by atoms with van der Waals surface area (Å²) in [4.78, 5) is 12.6. The molecular weight excluding hydrogens is 409 g/mol. The van der Waals surface area contributed by atoms with E-state index in [2.05, 4.69) is 21.2 Å². The number of nitrogens with one attached hydrogen (secondary N) is 1. The van der Waals surface area contributed by atoms with Crippen molar-refractivity contribution >= 4 is 33.4 Å². The van der Waals surface area contributed by atoms with Gasteiger partial charge in [-0.2, -0.15) is 0 Å². The molecule has 0 unspecified atom stereocenters. The lowest BCUT2D eigenvalue weighted by Gasteiger charge is -2.38. The van der Waals surface area contributed by atoms with E-state index in [9.17, 15) is 9.18 Å². The molecule has 0 bridgehead atoms. The Bertz CT molecular complexity index is 761. The zero-order valence-corrected chi connectivity index (χ0v) is 15.9. The van der Waals surface area contributed by atoms with Crippen LogP contribution in [-0.4, -0.2) is 25.7 Å². The topological polar surface area (TPSA) is 38.3 Å². The van der Waals surface area contributed by atoms with E-state index in [1.165, 1.54) is 12.1 Å². The molecule has 0 radical (unpaired) electrons. The van der Waals surface area contributed by atoms with E-state index in [4.69, 9.17) is 16.3 Å². The third-order valence-electron chi connectivity index (χ3n) is 4.67. The minimum absolute atomic E-state index is 0.223. The van der Waals surface area contributed by atoms with Gasteiger partial charge in [-0.15, -0.1) is 0 Å². The van der Waals surface area contributed by atoms with Gasteiger partial charge in [-0.1, -0.05) is 39.7 Å². The van der Waals surface area contributed by atoms with Crippen LogP contribution in [0, 0.1) is 5.82 Å². The number of hydrogen-bond donors (Lipinski definition) is 1. The second-order valence-corrected chi connectivity index (χ2v) is 7.53. The molecule has 1 saturated heterocycles. The summed E-state index contributed by atoms with van der Waals surface area (Å²) < 4.78 is 19.6. The Morgan fingerprint density at radius 2 is 1.88 bits per heavy atom. The van der Waals surface area contributed by atoms with Gasteiger partial charge in [0.2, 0.25) is 0 Å². The fourth-order valence-corrected chi connectivity index (χ4v) is 3.71. The number of carbonyl (C=O) groups is 1. The maximum atomic E-state index is 13.3. The quantitative estimate of drug-likeness (QED) is 0.768. The van der Waals surface area contributed by atoms with Gasteiger partial charge in [0.05, 0.1) is 10.6 Å². The predicted molar refractivity (Wildman–Crippen MR) is 99.6 cm³/mol. The molecule has 3 nitrogen and oxygen atoms in total. The SMILES string of the molecule is O=C(NCC1(c2ccc(F)cc2)CCOCC1)c1cc(Br)ccc1Cl. The smallest absolute Gasteiger partial charge is 0.252 e. The first-order chi connectivity index (χ1) is 12.0. The van der Waals surface area contributed by atoms with Crippen molar-refractivity contribution in [1.29, 1.82) is 0 Å². The van der Waals surface area contributed by atoms with Crippen LogP contribution in [0.25, 0.3) is 0 Å². The average molecular weight is 427 g/mol. The van der Waals surface area contributed by atoms with E-state index in [1.54, 1.807) is 30.3 Å². The summed E-state index contributed by atoms with van der Waals surface area (Å²) in [6, 6.07) is 11.7. The van der Waals surface area contributed by atoms with Crippen molar-refractivity contribution in [2.45, 2.75) is 18.3 Å². The van der Waals surface area contributed by atoms with E-state index in [0.717, 1.165) is 22.9 Å². The first kappa shape index (κ1) is 18.4. The van der Waals surface area contributed by atoms with Gasteiger partial charge < -0.3 is 10.1 Å². The summed E-state index contributed by atoms with van der Waals surface area (Å²) in [5.74, 6) is -0.491. The van der Waals surface area contributed by atoms with Crippen molar-refractivity contribution in [3.8, 4) is 0 Å². The summed E-state index contributed by atoms with van der Waals surface area (Å²) >= 11 is 9.49. The lowest BCUT2D eigenvalue weighted by Crippen LogP contribution is -2.44. The van der Waals surface area contributed by atoms with E-state index in [1.807, 2.05) is 0 Å². The maximum Gasteiger partial charge on any atom is 0.252 e. The summed E-state index contributed by atoms with van der Waals surface area (Å²) in [5, 5.41) is 3.40. The van der Waals surface area contributed by atoms with Gasteiger partial charge in [-0.25, -0.2) is 4.39 Å². The lowest BCUT2D eigenvalue weighted by atomic mass is 9.74. The van der Waals surface area contributed by atoms with Crippen LogP contribution >= 0.6 is 27.5 Å². The first-order valence-corrected chi connectivity index (χ1v) is 9.24. The summed E-state index contributed by atoms with van der Waals surface area (Å²) in [5.41, 5.74) is 1.18. The zero-order chi connectivity index (χ0) is 17.9. The molecule has 2 aromatic carbocycles.